The van der Waals surface area contributed by atoms with Crippen molar-refractivity contribution in [3.63, 3.8) is 0 Å². The third kappa shape index (κ3) is 3.49. The smallest absolute Gasteiger partial charge is 0.271 e. The van der Waals surface area contributed by atoms with E-state index in [0.717, 1.165) is 17.5 Å². The molecule has 1 aromatic heterocycles. The van der Waals surface area contributed by atoms with Crippen LogP contribution in [0.5, 0.6) is 0 Å². The van der Waals surface area contributed by atoms with E-state index in [1.165, 1.54) is 0 Å². The molecule has 1 aliphatic rings. The Labute approximate surface area is 116 Å². The molecule has 6 heteroatoms. The maximum atomic E-state index is 12.9. The first-order chi connectivity index (χ1) is 9.41. The molecule has 112 valence electrons. The third-order valence-corrected chi connectivity index (χ3v) is 4.08. The largest absolute Gasteiger partial charge is 0.391 e. The zero-order valence-corrected chi connectivity index (χ0v) is 11.5. The van der Waals surface area contributed by atoms with Gasteiger partial charge in [0.2, 0.25) is 0 Å². The average Bonchev–Trinajstić information content (AvgIpc) is 2.39. The SMILES string of the molecule is Cc1cncc(C(NN)C2CCCC(C(F)(F)F)C2)c1. The van der Waals surface area contributed by atoms with Crippen LogP contribution in [0.15, 0.2) is 18.5 Å². The lowest BCUT2D eigenvalue weighted by molar-refractivity contribution is -0.186. The molecule has 0 aliphatic heterocycles. The first kappa shape index (κ1) is 15.3. The summed E-state index contributed by atoms with van der Waals surface area (Å²) in [5.74, 6) is 4.26. The third-order valence-electron chi connectivity index (χ3n) is 4.08. The van der Waals surface area contributed by atoms with Gasteiger partial charge in [-0.05, 0) is 43.2 Å². The molecule has 1 fully saturated rings. The molecule has 0 aromatic carbocycles. The molecule has 1 aromatic rings. The molecular formula is C14H20F3N3. The molecular weight excluding hydrogens is 267 g/mol. The normalized spacial score (nSPS) is 25.4. The minimum absolute atomic E-state index is 0.107. The second kappa shape index (κ2) is 6.10. The first-order valence-corrected chi connectivity index (χ1v) is 6.86. The number of hydrazine groups is 1. The molecule has 3 unspecified atom stereocenters. The molecule has 0 bridgehead atoms. The number of aryl methyl sites for hydroxylation is 1. The van der Waals surface area contributed by atoms with Crippen LogP contribution in [-0.2, 0) is 0 Å². The lowest BCUT2D eigenvalue weighted by Crippen LogP contribution is -2.38. The monoisotopic (exact) mass is 287 g/mol. The number of alkyl halides is 3. The number of aromatic nitrogens is 1. The predicted octanol–water partition coefficient (Wildman–Crippen LogP) is 3.26. The van der Waals surface area contributed by atoms with Crippen LogP contribution < -0.4 is 11.3 Å². The highest BCUT2D eigenvalue weighted by Crippen LogP contribution is 2.43. The molecule has 2 rings (SSSR count). The Morgan fingerprint density at radius 2 is 2.10 bits per heavy atom. The number of halogens is 3. The van der Waals surface area contributed by atoms with E-state index in [4.69, 9.17) is 5.84 Å². The summed E-state index contributed by atoms with van der Waals surface area (Å²) in [4.78, 5) is 4.10. The second-order valence-corrected chi connectivity index (χ2v) is 5.61. The molecule has 0 radical (unpaired) electrons. The van der Waals surface area contributed by atoms with Gasteiger partial charge in [0.05, 0.1) is 12.0 Å². The van der Waals surface area contributed by atoms with Crippen LogP contribution in [0.25, 0.3) is 0 Å². The summed E-state index contributed by atoms with van der Waals surface area (Å²) in [6.45, 7) is 1.91. The maximum Gasteiger partial charge on any atom is 0.391 e. The topological polar surface area (TPSA) is 50.9 Å². The van der Waals surface area contributed by atoms with Crippen LogP contribution in [0.2, 0.25) is 0 Å². The zero-order valence-electron chi connectivity index (χ0n) is 11.5. The zero-order chi connectivity index (χ0) is 14.8. The van der Waals surface area contributed by atoms with Crippen molar-refractivity contribution < 1.29 is 13.2 Å². The number of nitrogens with zero attached hydrogens (tertiary/aromatic N) is 1. The molecule has 0 saturated heterocycles. The summed E-state index contributed by atoms with van der Waals surface area (Å²) in [7, 11) is 0. The Bertz CT molecular complexity index is 448. The van der Waals surface area contributed by atoms with Crippen molar-refractivity contribution in [3.8, 4) is 0 Å². The quantitative estimate of drug-likeness (QED) is 0.662. The van der Waals surface area contributed by atoms with Crippen molar-refractivity contribution in [3.05, 3.63) is 29.6 Å². The second-order valence-electron chi connectivity index (χ2n) is 5.61. The Kier molecular flexibility index (Phi) is 4.65. The van der Waals surface area contributed by atoms with Crippen molar-refractivity contribution in [2.45, 2.75) is 44.8 Å². The van der Waals surface area contributed by atoms with E-state index >= 15 is 0 Å². The van der Waals surface area contributed by atoms with Gasteiger partial charge in [0.25, 0.3) is 0 Å². The molecule has 3 N–H and O–H groups in total. The summed E-state index contributed by atoms with van der Waals surface area (Å²) in [6.07, 6.45) is 0.991. The van der Waals surface area contributed by atoms with Crippen molar-refractivity contribution >= 4 is 0 Å². The van der Waals surface area contributed by atoms with E-state index in [-0.39, 0.29) is 24.8 Å². The summed E-state index contributed by atoms with van der Waals surface area (Å²) in [5, 5.41) is 0. The predicted molar refractivity (Wildman–Crippen MR) is 70.5 cm³/mol. The lowest BCUT2D eigenvalue weighted by Gasteiger charge is -2.35. The van der Waals surface area contributed by atoms with Gasteiger partial charge in [0.15, 0.2) is 0 Å². The van der Waals surface area contributed by atoms with Gasteiger partial charge < -0.3 is 0 Å². The Morgan fingerprint density at radius 3 is 2.70 bits per heavy atom. The molecule has 1 saturated carbocycles. The van der Waals surface area contributed by atoms with Gasteiger partial charge in [-0.2, -0.15) is 13.2 Å². The summed E-state index contributed by atoms with van der Waals surface area (Å²) in [6, 6.07) is 1.65. The van der Waals surface area contributed by atoms with Crippen LogP contribution in [0.4, 0.5) is 13.2 Å². The molecule has 1 aliphatic carbocycles. The van der Waals surface area contributed by atoms with E-state index in [2.05, 4.69) is 10.4 Å². The van der Waals surface area contributed by atoms with Crippen molar-refractivity contribution in [1.29, 1.82) is 0 Å². The average molecular weight is 287 g/mol. The summed E-state index contributed by atoms with van der Waals surface area (Å²) >= 11 is 0. The fraction of sp³-hybridized carbons (Fsp3) is 0.643. The molecule has 20 heavy (non-hydrogen) atoms. The number of rotatable bonds is 3. The van der Waals surface area contributed by atoms with E-state index in [1.807, 2.05) is 13.0 Å². The molecule has 0 amide bonds. The molecule has 0 spiro atoms. The van der Waals surface area contributed by atoms with Gasteiger partial charge in [0.1, 0.15) is 0 Å². The van der Waals surface area contributed by atoms with Crippen LogP contribution in [-0.4, -0.2) is 11.2 Å². The highest BCUT2D eigenvalue weighted by molar-refractivity contribution is 5.21. The Balaban J connectivity index is 2.15. The minimum atomic E-state index is -4.11. The van der Waals surface area contributed by atoms with Crippen molar-refractivity contribution in [2.24, 2.45) is 17.7 Å². The van der Waals surface area contributed by atoms with Gasteiger partial charge >= 0.3 is 6.18 Å². The fourth-order valence-corrected chi connectivity index (χ4v) is 3.08. The first-order valence-electron chi connectivity index (χ1n) is 6.86. The van der Waals surface area contributed by atoms with Gasteiger partial charge in [-0.25, -0.2) is 0 Å². The molecule has 1 heterocycles. The maximum absolute atomic E-state index is 12.9. The van der Waals surface area contributed by atoms with Crippen LogP contribution in [0.3, 0.4) is 0 Å². The standard InChI is InChI=1S/C14H20F3N3/c1-9-5-11(8-19-7-9)13(20-18)10-3-2-4-12(6-10)14(15,16)17/h5,7-8,10,12-13,20H,2-4,6,18H2,1H3. The van der Waals surface area contributed by atoms with E-state index in [1.54, 1.807) is 12.4 Å². The van der Waals surface area contributed by atoms with Gasteiger partial charge in [0, 0.05) is 12.4 Å². The van der Waals surface area contributed by atoms with Crippen molar-refractivity contribution in [1.82, 2.24) is 10.4 Å². The van der Waals surface area contributed by atoms with Gasteiger partial charge in [-0.3, -0.25) is 16.3 Å². The van der Waals surface area contributed by atoms with E-state index < -0.39 is 12.1 Å². The van der Waals surface area contributed by atoms with E-state index in [9.17, 15) is 13.2 Å². The number of nitrogens with one attached hydrogen (secondary N) is 1. The number of hydrogen-bond acceptors (Lipinski definition) is 3. The van der Waals surface area contributed by atoms with Gasteiger partial charge in [-0.1, -0.05) is 12.5 Å². The minimum Gasteiger partial charge on any atom is -0.271 e. The fourth-order valence-electron chi connectivity index (χ4n) is 3.08. The number of pyridine rings is 1. The highest BCUT2D eigenvalue weighted by Gasteiger charge is 2.43. The molecule has 3 nitrogen and oxygen atoms in total. The van der Waals surface area contributed by atoms with Crippen LogP contribution in [0, 0.1) is 18.8 Å². The van der Waals surface area contributed by atoms with Gasteiger partial charge in [-0.15, -0.1) is 0 Å². The van der Waals surface area contributed by atoms with Crippen molar-refractivity contribution in [2.75, 3.05) is 0 Å². The Hall–Kier alpha value is -1.14. The summed E-state index contributed by atoms with van der Waals surface area (Å²) < 4.78 is 38.7. The van der Waals surface area contributed by atoms with E-state index in [0.29, 0.717) is 6.42 Å². The van der Waals surface area contributed by atoms with Crippen LogP contribution >= 0.6 is 0 Å². The van der Waals surface area contributed by atoms with Crippen LogP contribution in [0.1, 0.15) is 42.9 Å². The molecule has 3 atom stereocenters. The summed E-state index contributed by atoms with van der Waals surface area (Å²) in [5.41, 5.74) is 4.52. The highest BCUT2D eigenvalue weighted by atomic mass is 19.4. The number of hydrogen-bond donors (Lipinski definition) is 2. The number of nitrogens with two attached hydrogens (primary N) is 1. The Morgan fingerprint density at radius 1 is 1.35 bits per heavy atom. The lowest BCUT2D eigenvalue weighted by atomic mass is 9.76.